The average molecular weight is 336 g/mol. The summed E-state index contributed by atoms with van der Waals surface area (Å²) in [5.74, 6) is -0.0956. The first-order valence-corrected chi connectivity index (χ1v) is 8.96. The van der Waals surface area contributed by atoms with Crippen molar-refractivity contribution >= 4 is 9.84 Å². The minimum absolute atomic E-state index is 0.0442. The van der Waals surface area contributed by atoms with Gasteiger partial charge in [-0.15, -0.1) is 0 Å². The Kier molecular flexibility index (Phi) is 6.15. The fourth-order valence-electron chi connectivity index (χ4n) is 2.05. The minimum atomic E-state index is -3.49. The lowest BCUT2D eigenvalue weighted by atomic mass is 10.1. The summed E-state index contributed by atoms with van der Waals surface area (Å²) in [6, 6.07) is 13.4. The molecule has 0 aromatic heterocycles. The first-order chi connectivity index (χ1) is 11.0. The summed E-state index contributed by atoms with van der Waals surface area (Å²) >= 11 is 0. The van der Waals surface area contributed by atoms with E-state index in [2.05, 4.69) is 0 Å². The first-order valence-electron chi connectivity index (χ1n) is 7.31. The van der Waals surface area contributed by atoms with E-state index in [9.17, 15) is 13.5 Å². The van der Waals surface area contributed by atoms with Crippen LogP contribution in [0.25, 0.3) is 11.1 Å². The highest BCUT2D eigenvalue weighted by molar-refractivity contribution is 7.91. The van der Waals surface area contributed by atoms with E-state index in [1.807, 2.05) is 37.3 Å². The average Bonchev–Trinajstić information content (AvgIpc) is 2.55. The van der Waals surface area contributed by atoms with Crippen molar-refractivity contribution in [2.45, 2.75) is 11.8 Å². The van der Waals surface area contributed by atoms with Gasteiger partial charge in [-0.3, -0.25) is 0 Å². The molecular weight excluding hydrogens is 316 g/mol. The third kappa shape index (κ3) is 4.79. The van der Waals surface area contributed by atoms with Crippen molar-refractivity contribution in [2.75, 3.05) is 25.8 Å². The lowest BCUT2D eigenvalue weighted by Gasteiger charge is -2.09. The van der Waals surface area contributed by atoms with Gasteiger partial charge < -0.3 is 14.6 Å². The van der Waals surface area contributed by atoms with Crippen LogP contribution in [0.2, 0.25) is 0 Å². The molecule has 0 fully saturated rings. The van der Waals surface area contributed by atoms with Crippen LogP contribution in [0.1, 0.15) is 6.92 Å². The summed E-state index contributed by atoms with van der Waals surface area (Å²) in [7, 11) is -3.49. The molecule has 0 radical (unpaired) electrons. The lowest BCUT2D eigenvalue weighted by Crippen LogP contribution is -2.14. The molecule has 0 atom stereocenters. The Morgan fingerprint density at radius 3 is 2.48 bits per heavy atom. The second kappa shape index (κ2) is 8.10. The largest absolute Gasteiger partial charge is 0.507 e. The molecule has 124 valence electrons. The quantitative estimate of drug-likeness (QED) is 0.593. The maximum absolute atomic E-state index is 12.4. The molecule has 6 heteroatoms. The normalized spacial score (nSPS) is 11.5. The number of phenolic OH excluding ortho intramolecular Hbond substituents is 1. The molecule has 0 bridgehead atoms. The molecule has 23 heavy (non-hydrogen) atoms. The number of hydrogen-bond donors (Lipinski definition) is 1. The van der Waals surface area contributed by atoms with Gasteiger partial charge in [0.25, 0.3) is 0 Å². The Hall–Kier alpha value is -1.89. The molecule has 0 aliphatic heterocycles. The van der Waals surface area contributed by atoms with E-state index in [0.717, 1.165) is 5.56 Å². The van der Waals surface area contributed by atoms with Gasteiger partial charge in [0.1, 0.15) is 12.5 Å². The zero-order valence-corrected chi connectivity index (χ0v) is 13.8. The standard InChI is InChI=1S/C17H20O5S/c1-2-21-13-22-10-11-23(19,20)15-8-9-17(18)16(12-15)14-6-4-3-5-7-14/h3-9,12,18H,2,10-11,13H2,1H3. The summed E-state index contributed by atoms with van der Waals surface area (Å²) in [5.41, 5.74) is 1.25. The van der Waals surface area contributed by atoms with Gasteiger partial charge in [0.15, 0.2) is 9.84 Å². The Balaban J connectivity index is 2.16. The third-order valence-electron chi connectivity index (χ3n) is 3.28. The van der Waals surface area contributed by atoms with Crippen LogP contribution in [0, 0.1) is 0 Å². The van der Waals surface area contributed by atoms with Crippen molar-refractivity contribution in [3.05, 3.63) is 48.5 Å². The van der Waals surface area contributed by atoms with Crippen molar-refractivity contribution in [2.24, 2.45) is 0 Å². The van der Waals surface area contributed by atoms with Gasteiger partial charge in [0.2, 0.25) is 0 Å². The monoisotopic (exact) mass is 336 g/mol. The Bertz CT molecular complexity index is 726. The van der Waals surface area contributed by atoms with Gasteiger partial charge >= 0.3 is 0 Å². The molecule has 0 aliphatic carbocycles. The van der Waals surface area contributed by atoms with E-state index < -0.39 is 9.84 Å². The van der Waals surface area contributed by atoms with Crippen LogP contribution in [0.3, 0.4) is 0 Å². The molecule has 2 rings (SSSR count). The van der Waals surface area contributed by atoms with Crippen LogP contribution in [0.5, 0.6) is 5.75 Å². The Morgan fingerprint density at radius 2 is 1.78 bits per heavy atom. The van der Waals surface area contributed by atoms with E-state index in [4.69, 9.17) is 9.47 Å². The number of benzene rings is 2. The zero-order chi connectivity index (χ0) is 16.7. The number of sulfone groups is 1. The van der Waals surface area contributed by atoms with Crippen molar-refractivity contribution in [3.63, 3.8) is 0 Å². The van der Waals surface area contributed by atoms with Crippen LogP contribution in [-0.4, -0.2) is 39.3 Å². The van der Waals surface area contributed by atoms with E-state index in [1.54, 1.807) is 0 Å². The Morgan fingerprint density at radius 1 is 1.04 bits per heavy atom. The summed E-state index contributed by atoms with van der Waals surface area (Å²) in [6.45, 7) is 2.49. The highest BCUT2D eigenvalue weighted by Crippen LogP contribution is 2.31. The van der Waals surface area contributed by atoms with Gasteiger partial charge in [-0.25, -0.2) is 8.42 Å². The molecule has 2 aromatic rings. The number of hydrogen-bond acceptors (Lipinski definition) is 5. The highest BCUT2D eigenvalue weighted by Gasteiger charge is 2.17. The maximum Gasteiger partial charge on any atom is 0.180 e. The molecule has 0 spiro atoms. The van der Waals surface area contributed by atoms with Crippen LogP contribution in [-0.2, 0) is 19.3 Å². The number of aromatic hydroxyl groups is 1. The molecule has 0 aliphatic rings. The highest BCUT2D eigenvalue weighted by atomic mass is 32.2. The van der Waals surface area contributed by atoms with E-state index >= 15 is 0 Å². The van der Waals surface area contributed by atoms with E-state index in [1.165, 1.54) is 18.2 Å². The Labute approximate surface area is 136 Å². The summed E-state index contributed by atoms with van der Waals surface area (Å²) < 4.78 is 34.8. The fraction of sp³-hybridized carbons (Fsp3) is 0.294. The summed E-state index contributed by atoms with van der Waals surface area (Å²) in [4.78, 5) is 0.161. The van der Waals surface area contributed by atoms with Gasteiger partial charge in [0.05, 0.1) is 17.3 Å². The molecule has 0 heterocycles. The van der Waals surface area contributed by atoms with Crippen LogP contribution in [0.15, 0.2) is 53.4 Å². The van der Waals surface area contributed by atoms with Crippen molar-refractivity contribution < 1.29 is 23.0 Å². The van der Waals surface area contributed by atoms with Crippen molar-refractivity contribution in [1.82, 2.24) is 0 Å². The van der Waals surface area contributed by atoms with Crippen molar-refractivity contribution in [3.8, 4) is 16.9 Å². The van der Waals surface area contributed by atoms with E-state index in [-0.39, 0.29) is 29.8 Å². The predicted octanol–water partition coefficient (Wildman–Crippen LogP) is 2.84. The van der Waals surface area contributed by atoms with Gasteiger partial charge in [0, 0.05) is 12.2 Å². The zero-order valence-electron chi connectivity index (χ0n) is 12.9. The molecule has 2 aromatic carbocycles. The summed E-state index contributed by atoms with van der Waals surface area (Å²) in [6.07, 6.45) is 0. The second-order valence-corrected chi connectivity index (χ2v) is 6.99. The molecule has 0 saturated heterocycles. The fourth-order valence-corrected chi connectivity index (χ4v) is 3.19. The molecule has 0 saturated carbocycles. The van der Waals surface area contributed by atoms with Crippen LogP contribution < -0.4 is 0 Å². The van der Waals surface area contributed by atoms with Gasteiger partial charge in [-0.1, -0.05) is 30.3 Å². The number of phenols is 1. The second-order valence-electron chi connectivity index (χ2n) is 4.88. The SMILES string of the molecule is CCOCOCCS(=O)(=O)c1ccc(O)c(-c2ccccc2)c1. The number of ether oxygens (including phenoxy) is 2. The molecule has 0 unspecified atom stereocenters. The molecule has 1 N–H and O–H groups in total. The van der Waals surface area contributed by atoms with Gasteiger partial charge in [-0.05, 0) is 30.7 Å². The maximum atomic E-state index is 12.4. The third-order valence-corrected chi connectivity index (χ3v) is 4.96. The summed E-state index contributed by atoms with van der Waals surface area (Å²) in [5, 5.41) is 9.99. The van der Waals surface area contributed by atoms with E-state index in [0.29, 0.717) is 12.2 Å². The smallest absolute Gasteiger partial charge is 0.180 e. The van der Waals surface area contributed by atoms with Crippen LogP contribution >= 0.6 is 0 Å². The van der Waals surface area contributed by atoms with Crippen LogP contribution in [0.4, 0.5) is 0 Å². The predicted molar refractivity (Wildman–Crippen MR) is 88.0 cm³/mol. The van der Waals surface area contributed by atoms with Crippen molar-refractivity contribution in [1.29, 1.82) is 0 Å². The first kappa shape index (κ1) is 17.5. The molecular formula is C17H20O5S. The number of rotatable bonds is 8. The molecule has 5 nitrogen and oxygen atoms in total. The minimum Gasteiger partial charge on any atom is -0.507 e. The molecule has 0 amide bonds. The van der Waals surface area contributed by atoms with Gasteiger partial charge in [-0.2, -0.15) is 0 Å². The lowest BCUT2D eigenvalue weighted by molar-refractivity contribution is -0.0438. The topological polar surface area (TPSA) is 72.8 Å².